The maximum atomic E-state index is 14.9. The molecule has 2 bridgehead atoms. The Morgan fingerprint density at radius 1 is 1.24 bits per heavy atom. The molecule has 29 heavy (non-hydrogen) atoms. The average molecular weight is 396 g/mol. The molecule has 0 radical (unpaired) electrons. The predicted octanol–water partition coefficient (Wildman–Crippen LogP) is 2.43. The van der Waals surface area contributed by atoms with Gasteiger partial charge in [-0.05, 0) is 31.9 Å². The van der Waals surface area contributed by atoms with Crippen LogP contribution in [0.4, 0.5) is 4.39 Å². The first-order chi connectivity index (χ1) is 14.0. The highest BCUT2D eigenvalue weighted by Crippen LogP contribution is 2.39. The number of phenols is 1. The highest BCUT2D eigenvalue weighted by atomic mass is 19.1. The maximum Gasteiger partial charge on any atom is 0.232 e. The van der Waals surface area contributed by atoms with Crippen LogP contribution in [0.1, 0.15) is 26.2 Å². The van der Waals surface area contributed by atoms with E-state index >= 15 is 0 Å². The van der Waals surface area contributed by atoms with Crippen LogP contribution in [0.15, 0.2) is 43.2 Å². The Morgan fingerprint density at radius 3 is 2.79 bits per heavy atom. The molecule has 4 atom stereocenters. The van der Waals surface area contributed by atoms with Crippen molar-refractivity contribution in [3.8, 4) is 28.6 Å². The van der Waals surface area contributed by atoms with Gasteiger partial charge < -0.3 is 15.2 Å². The first-order valence-electron chi connectivity index (χ1n) is 9.61. The first-order valence-corrected chi connectivity index (χ1v) is 9.61. The van der Waals surface area contributed by atoms with Gasteiger partial charge >= 0.3 is 0 Å². The smallest absolute Gasteiger partial charge is 0.232 e. The van der Waals surface area contributed by atoms with Gasteiger partial charge in [0.1, 0.15) is 24.5 Å². The van der Waals surface area contributed by atoms with E-state index in [2.05, 4.69) is 25.5 Å². The monoisotopic (exact) mass is 396 g/mol. The minimum absolute atomic E-state index is 0.0610. The summed E-state index contributed by atoms with van der Waals surface area (Å²) in [4.78, 5) is 8.63. The van der Waals surface area contributed by atoms with Gasteiger partial charge in [-0.3, -0.25) is 4.57 Å². The van der Waals surface area contributed by atoms with E-state index in [0.717, 1.165) is 18.5 Å². The van der Waals surface area contributed by atoms with Crippen molar-refractivity contribution >= 4 is 0 Å². The van der Waals surface area contributed by atoms with Gasteiger partial charge in [-0.2, -0.15) is 0 Å². The Labute approximate surface area is 166 Å². The molecule has 3 aromatic rings. The van der Waals surface area contributed by atoms with Crippen molar-refractivity contribution in [1.29, 1.82) is 0 Å². The summed E-state index contributed by atoms with van der Waals surface area (Å²) in [6.45, 7) is 1.91. The van der Waals surface area contributed by atoms with E-state index in [1.54, 1.807) is 29.4 Å². The lowest BCUT2D eigenvalue weighted by molar-refractivity contribution is 0.00840. The fourth-order valence-electron chi connectivity index (χ4n) is 4.30. The second-order valence-electron chi connectivity index (χ2n) is 7.90. The third-order valence-corrected chi connectivity index (χ3v) is 5.87. The lowest BCUT2D eigenvalue weighted by atomic mass is 9.88. The maximum absolute atomic E-state index is 14.9. The van der Waals surface area contributed by atoms with E-state index in [9.17, 15) is 9.50 Å². The number of aromatic hydroxyl groups is 1. The molecule has 9 heteroatoms. The summed E-state index contributed by atoms with van der Waals surface area (Å²) in [5, 5.41) is 21.3. The van der Waals surface area contributed by atoms with Gasteiger partial charge in [-0.25, -0.2) is 14.4 Å². The minimum Gasteiger partial charge on any atom is -0.507 e. The van der Waals surface area contributed by atoms with Gasteiger partial charge in [0.15, 0.2) is 6.17 Å². The number of nitrogens with zero attached hydrogens (tertiary/aromatic N) is 5. The number of nitrogens with one attached hydrogen (secondary N) is 1. The van der Waals surface area contributed by atoms with Crippen molar-refractivity contribution in [2.75, 3.05) is 0 Å². The Bertz CT molecular complexity index is 1010. The molecule has 2 aliphatic heterocycles. The SMILES string of the molecule is C[C@@]12CCC(C[C@H](Oc3cnc(-c4ccc(-n5cnnc5)cc4O)cn3)[C@@H]1F)N2. The molecule has 4 heterocycles. The van der Waals surface area contributed by atoms with Gasteiger partial charge in [-0.15, -0.1) is 10.2 Å². The van der Waals surface area contributed by atoms with Crippen LogP contribution in [-0.2, 0) is 0 Å². The van der Waals surface area contributed by atoms with Crippen LogP contribution >= 0.6 is 0 Å². The van der Waals surface area contributed by atoms with E-state index in [0.29, 0.717) is 17.7 Å². The molecule has 1 aromatic carbocycles. The van der Waals surface area contributed by atoms with E-state index in [1.807, 2.05) is 13.0 Å². The molecular formula is C20H21FN6O2. The highest BCUT2D eigenvalue weighted by Gasteiger charge is 2.51. The fourth-order valence-corrected chi connectivity index (χ4v) is 4.30. The second-order valence-corrected chi connectivity index (χ2v) is 7.90. The summed E-state index contributed by atoms with van der Waals surface area (Å²) in [5.41, 5.74) is 1.24. The summed E-state index contributed by atoms with van der Waals surface area (Å²) in [6, 6.07) is 5.46. The normalized spacial score (nSPS) is 28.4. The quantitative estimate of drug-likeness (QED) is 0.699. The van der Waals surface area contributed by atoms with Crippen molar-refractivity contribution in [1.82, 2.24) is 30.0 Å². The Morgan fingerprint density at radius 2 is 2.07 bits per heavy atom. The number of phenolic OH excluding ortho intramolecular Hbond substituents is 1. The summed E-state index contributed by atoms with van der Waals surface area (Å²) < 4.78 is 22.4. The molecule has 2 aliphatic rings. The number of ether oxygens (including phenoxy) is 1. The van der Waals surface area contributed by atoms with E-state index in [4.69, 9.17) is 4.74 Å². The van der Waals surface area contributed by atoms with Crippen LogP contribution in [-0.4, -0.2) is 53.7 Å². The molecule has 2 aromatic heterocycles. The average Bonchev–Trinajstić information content (AvgIpc) is 3.36. The molecule has 2 N–H and O–H groups in total. The van der Waals surface area contributed by atoms with Gasteiger partial charge in [0, 0.05) is 24.1 Å². The van der Waals surface area contributed by atoms with Crippen molar-refractivity contribution in [2.45, 2.75) is 50.0 Å². The van der Waals surface area contributed by atoms with E-state index in [1.165, 1.54) is 12.4 Å². The number of rotatable bonds is 4. The summed E-state index contributed by atoms with van der Waals surface area (Å²) >= 11 is 0. The molecule has 150 valence electrons. The second kappa shape index (κ2) is 6.77. The predicted molar refractivity (Wildman–Crippen MR) is 103 cm³/mol. The largest absolute Gasteiger partial charge is 0.507 e. The molecule has 2 fully saturated rings. The zero-order valence-electron chi connectivity index (χ0n) is 15.9. The summed E-state index contributed by atoms with van der Waals surface area (Å²) in [6.07, 6.45) is 6.85. The molecule has 1 unspecified atom stereocenters. The fraction of sp³-hybridized carbons (Fsp3) is 0.400. The molecule has 0 saturated carbocycles. The van der Waals surface area contributed by atoms with Gasteiger partial charge in [0.25, 0.3) is 0 Å². The number of hydrogen-bond acceptors (Lipinski definition) is 7. The number of fused-ring (bicyclic) bond motifs is 2. The van der Waals surface area contributed by atoms with Crippen LogP contribution in [0.25, 0.3) is 16.9 Å². The Balaban J connectivity index is 1.33. The van der Waals surface area contributed by atoms with Crippen molar-refractivity contribution in [2.24, 2.45) is 0 Å². The zero-order chi connectivity index (χ0) is 20.0. The van der Waals surface area contributed by atoms with Gasteiger partial charge in [0.2, 0.25) is 5.88 Å². The summed E-state index contributed by atoms with van der Waals surface area (Å²) in [7, 11) is 0. The number of aromatic nitrogens is 5. The molecule has 2 saturated heterocycles. The van der Waals surface area contributed by atoms with Crippen molar-refractivity contribution < 1.29 is 14.2 Å². The van der Waals surface area contributed by atoms with E-state index < -0.39 is 17.8 Å². The van der Waals surface area contributed by atoms with Gasteiger partial charge in [0.05, 0.1) is 29.3 Å². The van der Waals surface area contributed by atoms with E-state index in [-0.39, 0.29) is 17.7 Å². The van der Waals surface area contributed by atoms with Crippen LogP contribution < -0.4 is 10.1 Å². The van der Waals surface area contributed by atoms with Crippen LogP contribution in [0.5, 0.6) is 11.6 Å². The molecule has 8 nitrogen and oxygen atoms in total. The van der Waals surface area contributed by atoms with Crippen molar-refractivity contribution in [3.63, 3.8) is 0 Å². The molecule has 5 rings (SSSR count). The number of halogens is 1. The lowest BCUT2D eigenvalue weighted by Crippen LogP contribution is -2.59. The third-order valence-electron chi connectivity index (χ3n) is 5.87. The number of hydrogen-bond donors (Lipinski definition) is 2. The Hall–Kier alpha value is -3.07. The number of benzene rings is 1. The Kier molecular flexibility index (Phi) is 4.20. The molecule has 0 amide bonds. The third kappa shape index (κ3) is 3.21. The number of alkyl halides is 1. The van der Waals surface area contributed by atoms with Crippen LogP contribution in [0.3, 0.4) is 0 Å². The number of piperidine rings is 1. The van der Waals surface area contributed by atoms with Crippen molar-refractivity contribution in [3.05, 3.63) is 43.2 Å². The molecular weight excluding hydrogens is 375 g/mol. The lowest BCUT2D eigenvalue weighted by Gasteiger charge is -2.39. The topological polar surface area (TPSA) is 98.0 Å². The minimum atomic E-state index is -1.10. The van der Waals surface area contributed by atoms with Crippen LogP contribution in [0.2, 0.25) is 0 Å². The summed E-state index contributed by atoms with van der Waals surface area (Å²) in [5.74, 6) is 0.345. The molecule has 0 spiro atoms. The van der Waals surface area contributed by atoms with Crippen LogP contribution in [0, 0.1) is 0 Å². The molecule has 0 aliphatic carbocycles. The highest BCUT2D eigenvalue weighted by molar-refractivity contribution is 5.68. The standard InChI is InChI=1S/C20H21FN6O2/c1-20-5-4-12(26-20)6-17(19(20)21)29-18-9-22-15(8-23-18)14-3-2-13(7-16(14)28)27-10-24-25-11-27/h2-3,7-12,17,19,26,28H,4-6H2,1H3/t12?,17-,19-,20+/m0/s1. The van der Waals surface area contributed by atoms with Gasteiger partial charge in [-0.1, -0.05) is 0 Å². The first kappa shape index (κ1) is 18.0. The zero-order valence-corrected chi connectivity index (χ0v) is 15.9.